The van der Waals surface area contributed by atoms with Gasteiger partial charge in [-0.15, -0.1) is 0 Å². The van der Waals surface area contributed by atoms with Crippen LogP contribution in [-0.4, -0.2) is 43.7 Å². The largest absolute Gasteiger partial charge is 0.338 e. The smallest absolute Gasteiger partial charge is 0.314 e. The molecule has 1 saturated heterocycles. The zero-order valence-corrected chi connectivity index (χ0v) is 15.5. The Morgan fingerprint density at radius 3 is 2.58 bits per heavy atom. The van der Waals surface area contributed by atoms with Crippen LogP contribution in [0.1, 0.15) is 42.9 Å². The molecule has 0 radical (unpaired) electrons. The molecule has 0 spiro atoms. The second-order valence-electron chi connectivity index (χ2n) is 7.24. The second kappa shape index (κ2) is 9.67. The van der Waals surface area contributed by atoms with E-state index < -0.39 is 0 Å². The minimum atomic E-state index is -0.0490. The van der Waals surface area contributed by atoms with Gasteiger partial charge in [-0.25, -0.2) is 4.79 Å². The lowest BCUT2D eigenvalue weighted by Crippen LogP contribution is -2.39. The molecule has 1 aliphatic heterocycles. The molecule has 2 N–H and O–H groups in total. The molecule has 0 unspecified atom stereocenters. The van der Waals surface area contributed by atoms with E-state index in [2.05, 4.69) is 54.5 Å². The van der Waals surface area contributed by atoms with Crippen molar-refractivity contribution in [2.45, 2.75) is 46.5 Å². The van der Waals surface area contributed by atoms with Gasteiger partial charge in [0.1, 0.15) is 0 Å². The quantitative estimate of drug-likeness (QED) is 0.753. The van der Waals surface area contributed by atoms with Crippen molar-refractivity contribution in [1.29, 1.82) is 0 Å². The van der Waals surface area contributed by atoms with Crippen molar-refractivity contribution in [3.05, 3.63) is 34.9 Å². The average Bonchev–Trinajstić information content (AvgIpc) is 2.55. The number of aryl methyl sites for hydroxylation is 2. The maximum Gasteiger partial charge on any atom is 0.314 e. The fourth-order valence-corrected chi connectivity index (χ4v) is 3.29. The zero-order valence-electron chi connectivity index (χ0n) is 15.5. The number of rotatable bonds is 7. The number of carbonyl (C=O) groups is 1. The predicted molar refractivity (Wildman–Crippen MR) is 100 cm³/mol. The molecular formula is C20H33N3O. The van der Waals surface area contributed by atoms with Gasteiger partial charge < -0.3 is 15.5 Å². The molecule has 0 atom stereocenters. The first-order valence-electron chi connectivity index (χ1n) is 9.35. The normalized spacial score (nSPS) is 16.1. The third kappa shape index (κ3) is 6.52. The van der Waals surface area contributed by atoms with E-state index in [0.717, 1.165) is 31.8 Å². The van der Waals surface area contributed by atoms with Crippen molar-refractivity contribution in [2.75, 3.05) is 32.7 Å². The van der Waals surface area contributed by atoms with Gasteiger partial charge in [-0.3, -0.25) is 0 Å². The van der Waals surface area contributed by atoms with Crippen LogP contribution >= 0.6 is 0 Å². The number of amides is 2. The van der Waals surface area contributed by atoms with Crippen molar-refractivity contribution in [2.24, 2.45) is 5.92 Å². The summed E-state index contributed by atoms with van der Waals surface area (Å²) in [6.45, 7) is 11.5. The molecule has 1 aliphatic rings. The number of nitrogens with one attached hydrogen (secondary N) is 2. The molecule has 2 amide bonds. The molecule has 0 bridgehead atoms. The van der Waals surface area contributed by atoms with Crippen LogP contribution in [0.15, 0.2) is 18.2 Å². The van der Waals surface area contributed by atoms with E-state index in [1.54, 1.807) is 0 Å². The number of benzene rings is 1. The summed E-state index contributed by atoms with van der Waals surface area (Å²) in [6, 6.07) is 6.43. The highest BCUT2D eigenvalue weighted by molar-refractivity contribution is 5.73. The van der Waals surface area contributed by atoms with Gasteiger partial charge in [0.2, 0.25) is 0 Å². The summed E-state index contributed by atoms with van der Waals surface area (Å²) in [7, 11) is 0. The monoisotopic (exact) mass is 331 g/mol. The fourth-order valence-electron chi connectivity index (χ4n) is 3.29. The first-order chi connectivity index (χ1) is 11.5. The van der Waals surface area contributed by atoms with Gasteiger partial charge in [-0.05, 0) is 76.2 Å². The van der Waals surface area contributed by atoms with Crippen LogP contribution in [0.3, 0.4) is 0 Å². The lowest BCUT2D eigenvalue weighted by Gasteiger charge is -2.30. The number of urea groups is 1. The summed E-state index contributed by atoms with van der Waals surface area (Å²) in [5, 5.41) is 5.92. The van der Waals surface area contributed by atoms with E-state index in [0.29, 0.717) is 6.54 Å². The van der Waals surface area contributed by atoms with Crippen LogP contribution in [0.2, 0.25) is 0 Å². The SMILES string of the molecule is Cc1ccc(CCNC(=O)NCCCN2CCC(C)CC2)c(C)c1. The van der Waals surface area contributed by atoms with E-state index in [9.17, 15) is 4.79 Å². The molecule has 4 nitrogen and oxygen atoms in total. The zero-order chi connectivity index (χ0) is 17.4. The van der Waals surface area contributed by atoms with Crippen molar-refractivity contribution >= 4 is 6.03 Å². The Kier molecular flexibility index (Phi) is 7.57. The van der Waals surface area contributed by atoms with Gasteiger partial charge in [-0.1, -0.05) is 30.7 Å². The maximum absolute atomic E-state index is 11.8. The van der Waals surface area contributed by atoms with Crippen LogP contribution in [0.5, 0.6) is 0 Å². The Balaban J connectivity index is 1.53. The van der Waals surface area contributed by atoms with Crippen molar-refractivity contribution in [3.8, 4) is 0 Å². The van der Waals surface area contributed by atoms with Gasteiger partial charge >= 0.3 is 6.03 Å². The van der Waals surface area contributed by atoms with E-state index in [-0.39, 0.29) is 6.03 Å². The summed E-state index contributed by atoms with van der Waals surface area (Å²) >= 11 is 0. The molecule has 1 fully saturated rings. The molecular weight excluding hydrogens is 298 g/mol. The molecule has 0 aromatic heterocycles. The number of carbonyl (C=O) groups excluding carboxylic acids is 1. The molecule has 1 heterocycles. The number of piperidine rings is 1. The maximum atomic E-state index is 11.8. The van der Waals surface area contributed by atoms with Crippen molar-refractivity contribution < 1.29 is 4.79 Å². The van der Waals surface area contributed by atoms with E-state index in [1.807, 2.05) is 0 Å². The lowest BCUT2D eigenvalue weighted by molar-refractivity contribution is 0.190. The first-order valence-corrected chi connectivity index (χ1v) is 9.35. The third-order valence-electron chi connectivity index (χ3n) is 4.99. The van der Waals surface area contributed by atoms with Gasteiger partial charge in [0.15, 0.2) is 0 Å². The van der Waals surface area contributed by atoms with Gasteiger partial charge in [0, 0.05) is 13.1 Å². The van der Waals surface area contributed by atoms with Crippen LogP contribution in [-0.2, 0) is 6.42 Å². The molecule has 1 aromatic rings. The Morgan fingerprint density at radius 1 is 1.17 bits per heavy atom. The van der Waals surface area contributed by atoms with Crippen LogP contribution in [0.25, 0.3) is 0 Å². The number of likely N-dealkylation sites (tertiary alicyclic amines) is 1. The molecule has 0 aliphatic carbocycles. The molecule has 134 valence electrons. The Bertz CT molecular complexity index is 522. The molecule has 0 saturated carbocycles. The van der Waals surface area contributed by atoms with Gasteiger partial charge in [0.05, 0.1) is 0 Å². The summed E-state index contributed by atoms with van der Waals surface area (Å²) in [6.07, 6.45) is 4.53. The number of hydrogen-bond donors (Lipinski definition) is 2. The molecule has 1 aromatic carbocycles. The van der Waals surface area contributed by atoms with Crippen LogP contribution in [0.4, 0.5) is 4.79 Å². The van der Waals surface area contributed by atoms with E-state index in [1.165, 1.54) is 42.6 Å². The summed E-state index contributed by atoms with van der Waals surface area (Å²) in [5.41, 5.74) is 3.89. The Hall–Kier alpha value is -1.55. The summed E-state index contributed by atoms with van der Waals surface area (Å²) < 4.78 is 0. The highest BCUT2D eigenvalue weighted by Crippen LogP contribution is 2.15. The first kappa shape index (κ1) is 18.8. The number of nitrogens with zero attached hydrogens (tertiary/aromatic N) is 1. The highest BCUT2D eigenvalue weighted by Gasteiger charge is 2.14. The standard InChI is InChI=1S/C20H33N3O/c1-16-8-13-23(14-9-16)12-4-10-21-20(24)22-11-7-19-6-5-17(2)15-18(19)3/h5-6,15-16H,4,7-14H2,1-3H3,(H2,21,22,24). The van der Waals surface area contributed by atoms with Gasteiger partial charge in [-0.2, -0.15) is 0 Å². The second-order valence-corrected chi connectivity index (χ2v) is 7.24. The van der Waals surface area contributed by atoms with E-state index in [4.69, 9.17) is 0 Å². The predicted octanol–water partition coefficient (Wildman–Crippen LogP) is 3.27. The van der Waals surface area contributed by atoms with Crippen LogP contribution in [0, 0.1) is 19.8 Å². The third-order valence-corrected chi connectivity index (χ3v) is 4.99. The Morgan fingerprint density at radius 2 is 1.88 bits per heavy atom. The van der Waals surface area contributed by atoms with Crippen molar-refractivity contribution in [3.63, 3.8) is 0 Å². The average molecular weight is 332 g/mol. The minimum Gasteiger partial charge on any atom is -0.338 e. The topological polar surface area (TPSA) is 44.4 Å². The Labute approximate surface area is 147 Å². The minimum absolute atomic E-state index is 0.0490. The van der Waals surface area contributed by atoms with Crippen LogP contribution < -0.4 is 10.6 Å². The lowest BCUT2D eigenvalue weighted by atomic mass is 9.99. The molecule has 24 heavy (non-hydrogen) atoms. The highest BCUT2D eigenvalue weighted by atomic mass is 16.2. The summed E-state index contributed by atoms with van der Waals surface area (Å²) in [5.74, 6) is 0.877. The summed E-state index contributed by atoms with van der Waals surface area (Å²) in [4.78, 5) is 14.3. The van der Waals surface area contributed by atoms with E-state index >= 15 is 0 Å². The van der Waals surface area contributed by atoms with Gasteiger partial charge in [0.25, 0.3) is 0 Å². The molecule has 2 rings (SSSR count). The fraction of sp³-hybridized carbons (Fsp3) is 0.650. The molecule has 4 heteroatoms. The number of hydrogen-bond acceptors (Lipinski definition) is 2. The van der Waals surface area contributed by atoms with Crippen molar-refractivity contribution in [1.82, 2.24) is 15.5 Å².